The van der Waals surface area contributed by atoms with Gasteiger partial charge in [0.05, 0.1) is 0 Å². The number of allylic oxidation sites excluding steroid dienone is 1. The molecule has 0 bridgehead atoms. The van der Waals surface area contributed by atoms with E-state index >= 15 is 0 Å². The van der Waals surface area contributed by atoms with Gasteiger partial charge in [-0.25, -0.2) is 17.6 Å². The van der Waals surface area contributed by atoms with Gasteiger partial charge in [0.25, 0.3) is 0 Å². The molecule has 1 unspecified atom stereocenters. The molecule has 1 aromatic rings. The number of ether oxygens (including phenoxy) is 1. The van der Waals surface area contributed by atoms with Crippen molar-refractivity contribution in [2.24, 2.45) is 11.8 Å². The normalized spacial score (nSPS) is 29.3. The predicted octanol–water partition coefficient (Wildman–Crippen LogP) is 6.67. The van der Waals surface area contributed by atoms with Crippen molar-refractivity contribution in [2.75, 3.05) is 0 Å². The molecule has 5 heteroatoms. The Morgan fingerprint density at radius 2 is 1.73 bits per heavy atom. The summed E-state index contributed by atoms with van der Waals surface area (Å²) < 4.78 is 61.2. The van der Waals surface area contributed by atoms with Gasteiger partial charge < -0.3 is 4.74 Å². The van der Waals surface area contributed by atoms with Gasteiger partial charge in [0.2, 0.25) is 0 Å². The van der Waals surface area contributed by atoms with Crippen molar-refractivity contribution in [3.8, 4) is 5.75 Å². The van der Waals surface area contributed by atoms with Gasteiger partial charge in [-0.05, 0) is 44.1 Å². The van der Waals surface area contributed by atoms with Crippen molar-refractivity contribution in [2.45, 2.75) is 70.3 Å². The Balaban J connectivity index is 1.86. The van der Waals surface area contributed by atoms with Gasteiger partial charge in [-0.15, -0.1) is 0 Å². The van der Waals surface area contributed by atoms with Gasteiger partial charge >= 0.3 is 0 Å². The fraction of sp³-hybridized carbons (Fsp3) is 0.619. The molecular weight excluding hydrogens is 344 g/mol. The van der Waals surface area contributed by atoms with E-state index in [0.717, 1.165) is 44.2 Å². The number of hydrogen-bond donors (Lipinski definition) is 0. The molecule has 1 aromatic carbocycles. The molecule has 1 atom stereocenters. The summed E-state index contributed by atoms with van der Waals surface area (Å²) >= 11 is 0. The molecule has 0 aromatic heterocycles. The predicted molar refractivity (Wildman–Crippen MR) is 91.7 cm³/mol. The van der Waals surface area contributed by atoms with E-state index in [9.17, 15) is 17.6 Å². The van der Waals surface area contributed by atoms with E-state index in [4.69, 9.17) is 4.74 Å². The van der Waals surface area contributed by atoms with Crippen LogP contribution in [0.2, 0.25) is 0 Å². The van der Waals surface area contributed by atoms with Crippen LogP contribution in [0.4, 0.5) is 17.6 Å². The summed E-state index contributed by atoms with van der Waals surface area (Å²) in [6, 6.07) is 1.59. The molecule has 1 fully saturated rings. The van der Waals surface area contributed by atoms with Gasteiger partial charge in [-0.2, -0.15) is 0 Å². The molecule has 0 N–H and O–H groups in total. The molecule has 2 aliphatic carbocycles. The number of rotatable bonds is 5. The second-order valence-corrected chi connectivity index (χ2v) is 7.54. The Morgan fingerprint density at radius 3 is 2.31 bits per heavy atom. The molecule has 26 heavy (non-hydrogen) atoms. The van der Waals surface area contributed by atoms with E-state index in [1.54, 1.807) is 0 Å². The fourth-order valence-electron chi connectivity index (χ4n) is 4.50. The molecule has 0 amide bonds. The topological polar surface area (TPSA) is 9.23 Å². The molecular formula is C21H25F4O. The summed E-state index contributed by atoms with van der Waals surface area (Å²) in [5.74, 6) is -4.27. The molecule has 2 aliphatic rings. The van der Waals surface area contributed by atoms with E-state index in [0.29, 0.717) is 25.2 Å². The fourth-order valence-corrected chi connectivity index (χ4v) is 4.50. The molecule has 143 valence electrons. The third-order valence-electron chi connectivity index (χ3n) is 5.84. The average molecular weight is 369 g/mol. The van der Waals surface area contributed by atoms with Crippen molar-refractivity contribution in [3.63, 3.8) is 0 Å². The van der Waals surface area contributed by atoms with Crippen molar-refractivity contribution in [1.29, 1.82) is 0 Å². The first-order valence-corrected chi connectivity index (χ1v) is 9.56. The van der Waals surface area contributed by atoms with Crippen LogP contribution in [0, 0.1) is 35.4 Å². The van der Waals surface area contributed by atoms with E-state index in [1.165, 1.54) is 6.42 Å². The summed E-state index contributed by atoms with van der Waals surface area (Å²) in [5.41, 5.74) is -1.24. The van der Waals surface area contributed by atoms with Crippen LogP contribution in [-0.2, 0) is 0 Å². The zero-order valence-electron chi connectivity index (χ0n) is 15.1. The number of hydrogen-bond acceptors (Lipinski definition) is 1. The van der Waals surface area contributed by atoms with Crippen LogP contribution in [0.1, 0.15) is 64.7 Å². The number of halogens is 4. The van der Waals surface area contributed by atoms with Gasteiger partial charge in [-0.3, -0.25) is 0 Å². The Labute approximate surface area is 152 Å². The lowest BCUT2D eigenvalue weighted by Gasteiger charge is -2.44. The minimum atomic E-state index is -1.54. The Hall–Kier alpha value is -1.52. The van der Waals surface area contributed by atoms with Crippen molar-refractivity contribution in [1.82, 2.24) is 0 Å². The summed E-state index contributed by atoms with van der Waals surface area (Å²) in [6.07, 6.45) is 10.3. The van der Waals surface area contributed by atoms with Crippen LogP contribution >= 0.6 is 0 Å². The highest BCUT2D eigenvalue weighted by molar-refractivity contribution is 5.28. The zero-order chi connectivity index (χ0) is 18.7. The average Bonchev–Trinajstić information content (AvgIpc) is 2.62. The molecule has 1 radical (unpaired) electrons. The SMILES string of the molecule is CCC[C@H]1CC[C@H](C2(Oc3cc(F)c(F)c(F)c3)CCC[C]=C2F)CC1. The van der Waals surface area contributed by atoms with E-state index in [2.05, 4.69) is 13.0 Å². The van der Waals surface area contributed by atoms with E-state index in [1.807, 2.05) is 0 Å². The molecule has 3 rings (SSSR count). The summed E-state index contributed by atoms with van der Waals surface area (Å²) in [7, 11) is 0. The maximum atomic E-state index is 14.9. The van der Waals surface area contributed by atoms with Crippen LogP contribution in [0.25, 0.3) is 0 Å². The monoisotopic (exact) mass is 369 g/mol. The summed E-state index contributed by atoms with van der Waals surface area (Å²) in [5, 5.41) is 0. The van der Waals surface area contributed by atoms with Crippen molar-refractivity contribution >= 4 is 0 Å². The molecule has 1 saturated carbocycles. The van der Waals surface area contributed by atoms with E-state index in [-0.39, 0.29) is 11.7 Å². The van der Waals surface area contributed by atoms with Crippen molar-refractivity contribution in [3.05, 3.63) is 41.5 Å². The number of benzene rings is 1. The second-order valence-electron chi connectivity index (χ2n) is 7.54. The van der Waals surface area contributed by atoms with Crippen LogP contribution in [0.15, 0.2) is 18.0 Å². The highest BCUT2D eigenvalue weighted by Crippen LogP contribution is 2.47. The lowest BCUT2D eigenvalue weighted by atomic mass is 9.69. The molecule has 0 spiro atoms. The first kappa shape index (κ1) is 19.2. The van der Waals surface area contributed by atoms with Crippen LogP contribution in [0.3, 0.4) is 0 Å². The van der Waals surface area contributed by atoms with Gasteiger partial charge in [0.15, 0.2) is 23.1 Å². The van der Waals surface area contributed by atoms with Crippen molar-refractivity contribution < 1.29 is 22.3 Å². The standard InChI is InChI=1S/C21H25F4O/c1-2-5-14-7-9-15(10-8-14)21(11-4-3-6-19(21)24)26-16-12-17(22)20(25)18(23)13-16/h12-15H,2-5,7-11H2,1H3/t14-,15-,21?. The Morgan fingerprint density at radius 1 is 1.08 bits per heavy atom. The van der Waals surface area contributed by atoms with Crippen LogP contribution in [0.5, 0.6) is 5.75 Å². The lowest BCUT2D eigenvalue weighted by Crippen LogP contribution is -2.47. The molecule has 0 heterocycles. The summed E-state index contributed by atoms with van der Waals surface area (Å²) in [6.45, 7) is 2.16. The summed E-state index contributed by atoms with van der Waals surface area (Å²) in [4.78, 5) is 0. The smallest absolute Gasteiger partial charge is 0.194 e. The lowest BCUT2D eigenvalue weighted by molar-refractivity contribution is -0.0158. The van der Waals surface area contributed by atoms with E-state index < -0.39 is 28.9 Å². The third kappa shape index (κ3) is 3.77. The minimum absolute atomic E-state index is 0.0698. The van der Waals surface area contributed by atoms with Gasteiger partial charge in [0, 0.05) is 18.1 Å². The molecule has 0 aliphatic heterocycles. The van der Waals surface area contributed by atoms with Crippen LogP contribution in [-0.4, -0.2) is 5.60 Å². The molecule has 0 saturated heterocycles. The maximum absolute atomic E-state index is 14.9. The van der Waals surface area contributed by atoms with Crippen LogP contribution < -0.4 is 4.74 Å². The second kappa shape index (κ2) is 8.01. The maximum Gasteiger partial charge on any atom is 0.194 e. The first-order valence-electron chi connectivity index (χ1n) is 9.56. The highest BCUT2D eigenvalue weighted by Gasteiger charge is 2.47. The largest absolute Gasteiger partial charge is 0.480 e. The Kier molecular flexibility index (Phi) is 5.93. The zero-order valence-corrected chi connectivity index (χ0v) is 15.1. The highest BCUT2D eigenvalue weighted by atomic mass is 19.2. The van der Waals surface area contributed by atoms with Gasteiger partial charge in [0.1, 0.15) is 11.6 Å². The third-order valence-corrected chi connectivity index (χ3v) is 5.84. The van der Waals surface area contributed by atoms with Gasteiger partial charge in [-0.1, -0.05) is 32.6 Å². The first-order chi connectivity index (χ1) is 12.5. The minimum Gasteiger partial charge on any atom is -0.480 e. The molecule has 1 nitrogen and oxygen atoms in total. The Bertz CT molecular complexity index is 641. The quantitative estimate of drug-likeness (QED) is 0.416.